The molecule has 1 amide bonds. The van der Waals surface area contributed by atoms with Gasteiger partial charge in [-0.1, -0.05) is 12.1 Å². The minimum atomic E-state index is -3.40. The van der Waals surface area contributed by atoms with Crippen LogP contribution in [0.25, 0.3) is 0 Å². The summed E-state index contributed by atoms with van der Waals surface area (Å²) in [6.07, 6.45) is 4.84. The minimum Gasteiger partial charge on any atom is -0.353 e. The van der Waals surface area contributed by atoms with Crippen LogP contribution in [0.4, 0.5) is 0 Å². The molecule has 0 radical (unpaired) electrons. The zero-order valence-electron chi connectivity index (χ0n) is 14.2. The second kappa shape index (κ2) is 8.98. The lowest BCUT2D eigenvalue weighted by Crippen LogP contribution is -2.42. The fourth-order valence-electron chi connectivity index (χ4n) is 2.85. The number of nitrogens with one attached hydrogen (secondary N) is 3. The molecule has 0 unspecified atom stereocenters. The van der Waals surface area contributed by atoms with Gasteiger partial charge in [-0.3, -0.25) is 4.79 Å². The number of rotatable bonds is 7. The van der Waals surface area contributed by atoms with Crippen LogP contribution < -0.4 is 15.4 Å². The first-order valence-corrected chi connectivity index (χ1v) is 10.1. The summed E-state index contributed by atoms with van der Waals surface area (Å²) in [4.78, 5) is 12.3. The number of benzene rings is 1. The van der Waals surface area contributed by atoms with Crippen molar-refractivity contribution in [2.24, 2.45) is 0 Å². The number of piperidine rings is 1. The topological polar surface area (TPSA) is 87.3 Å². The van der Waals surface area contributed by atoms with Gasteiger partial charge in [-0.25, -0.2) is 13.1 Å². The van der Waals surface area contributed by atoms with E-state index in [1.807, 2.05) is 0 Å². The summed E-state index contributed by atoms with van der Waals surface area (Å²) >= 11 is 0. The van der Waals surface area contributed by atoms with Gasteiger partial charge in [0.1, 0.15) is 0 Å². The average Bonchev–Trinajstić information content (AvgIpc) is 3.37. The Balaban J connectivity index is 0.00000225. The molecule has 1 heterocycles. The van der Waals surface area contributed by atoms with Crippen molar-refractivity contribution in [3.8, 4) is 0 Å². The van der Waals surface area contributed by atoms with Crippen LogP contribution >= 0.6 is 12.4 Å². The lowest BCUT2D eigenvalue weighted by atomic mass is 10.1. The summed E-state index contributed by atoms with van der Waals surface area (Å²) in [6.45, 7) is 1.91. The number of hydrogen-bond acceptors (Lipinski definition) is 4. The summed E-state index contributed by atoms with van der Waals surface area (Å²) in [5.41, 5.74) is 0.973. The number of carbonyl (C=O) groups is 1. The van der Waals surface area contributed by atoms with Crippen molar-refractivity contribution in [1.82, 2.24) is 15.4 Å². The van der Waals surface area contributed by atoms with Gasteiger partial charge in [0.25, 0.3) is 0 Å². The molecule has 1 saturated carbocycles. The summed E-state index contributed by atoms with van der Waals surface area (Å²) in [6, 6.07) is 7.20. The second-order valence-electron chi connectivity index (χ2n) is 6.63. The van der Waals surface area contributed by atoms with Gasteiger partial charge in [-0.15, -0.1) is 12.4 Å². The van der Waals surface area contributed by atoms with Crippen LogP contribution in [0.5, 0.6) is 0 Å². The van der Waals surface area contributed by atoms with E-state index in [9.17, 15) is 13.2 Å². The molecule has 1 aromatic carbocycles. The Labute approximate surface area is 155 Å². The first-order chi connectivity index (χ1) is 11.5. The third-order valence-corrected chi connectivity index (χ3v) is 6.01. The molecule has 3 N–H and O–H groups in total. The molecule has 140 valence electrons. The predicted octanol–water partition coefficient (Wildman–Crippen LogP) is 1.35. The second-order valence-corrected chi connectivity index (χ2v) is 8.35. The first-order valence-electron chi connectivity index (χ1n) is 8.64. The number of aryl methyl sites for hydroxylation is 1. The van der Waals surface area contributed by atoms with E-state index in [1.165, 1.54) is 0 Å². The van der Waals surface area contributed by atoms with Gasteiger partial charge in [-0.05, 0) is 62.9 Å². The van der Waals surface area contributed by atoms with Gasteiger partial charge < -0.3 is 10.6 Å². The summed E-state index contributed by atoms with van der Waals surface area (Å²) in [7, 11) is -3.40. The molecule has 0 spiro atoms. The van der Waals surface area contributed by atoms with Crippen LogP contribution in [-0.2, 0) is 21.2 Å². The molecule has 0 atom stereocenters. The molecule has 1 aliphatic heterocycles. The monoisotopic (exact) mass is 387 g/mol. The summed E-state index contributed by atoms with van der Waals surface area (Å²) in [5.74, 6) is 0.0639. The Morgan fingerprint density at radius 2 is 1.68 bits per heavy atom. The maximum atomic E-state index is 12.1. The number of carbonyl (C=O) groups excluding carboxylic acids is 1. The smallest absolute Gasteiger partial charge is 0.240 e. The van der Waals surface area contributed by atoms with Gasteiger partial charge in [0.05, 0.1) is 4.90 Å². The highest BCUT2D eigenvalue weighted by Gasteiger charge is 2.27. The van der Waals surface area contributed by atoms with Crippen molar-refractivity contribution >= 4 is 28.3 Å². The molecular weight excluding hydrogens is 362 g/mol. The lowest BCUT2D eigenvalue weighted by molar-refractivity contribution is -0.121. The predicted molar refractivity (Wildman–Crippen MR) is 99.4 cm³/mol. The molecule has 1 saturated heterocycles. The van der Waals surface area contributed by atoms with Crippen LogP contribution in [0.2, 0.25) is 0 Å². The highest BCUT2D eigenvalue weighted by atomic mass is 35.5. The van der Waals surface area contributed by atoms with Crippen molar-refractivity contribution in [2.75, 3.05) is 13.1 Å². The normalized spacial score (nSPS) is 18.4. The largest absolute Gasteiger partial charge is 0.353 e. The van der Waals surface area contributed by atoms with E-state index in [4.69, 9.17) is 0 Å². The van der Waals surface area contributed by atoms with Gasteiger partial charge in [0.2, 0.25) is 15.9 Å². The zero-order chi connectivity index (χ0) is 17.0. The molecule has 2 fully saturated rings. The fourth-order valence-corrected chi connectivity index (χ4v) is 4.15. The maximum absolute atomic E-state index is 12.1. The minimum absolute atomic E-state index is 0. The highest BCUT2D eigenvalue weighted by Crippen LogP contribution is 2.22. The maximum Gasteiger partial charge on any atom is 0.240 e. The van der Waals surface area contributed by atoms with E-state index in [2.05, 4.69) is 15.4 Å². The molecule has 0 bridgehead atoms. The van der Waals surface area contributed by atoms with Crippen LogP contribution in [0.15, 0.2) is 29.2 Å². The van der Waals surface area contributed by atoms with Gasteiger partial charge in [0.15, 0.2) is 0 Å². The molecule has 1 aromatic rings. The van der Waals surface area contributed by atoms with Crippen molar-refractivity contribution in [1.29, 1.82) is 0 Å². The first kappa shape index (κ1) is 20.2. The fraction of sp³-hybridized carbons (Fsp3) is 0.588. The SMILES string of the molecule is Cl.O=C(CCc1ccc(S(=O)(=O)NC2CC2)cc1)NC1CCNCC1. The third-order valence-electron chi connectivity index (χ3n) is 4.48. The standard InChI is InChI=1S/C17H25N3O3S.ClH/c21-17(19-14-9-11-18-12-10-14)8-3-13-1-6-16(7-2-13)24(22,23)20-15-4-5-15;/h1-2,6-7,14-15,18,20H,3-5,8-12H2,(H,19,21);1H. The van der Waals surface area contributed by atoms with E-state index >= 15 is 0 Å². The quantitative estimate of drug-likeness (QED) is 0.659. The number of halogens is 1. The van der Waals surface area contributed by atoms with Gasteiger partial charge in [0, 0.05) is 18.5 Å². The van der Waals surface area contributed by atoms with E-state index in [0.717, 1.165) is 44.3 Å². The Morgan fingerprint density at radius 3 is 2.28 bits per heavy atom. The summed E-state index contributed by atoms with van der Waals surface area (Å²) < 4.78 is 26.9. The Morgan fingerprint density at radius 1 is 1.04 bits per heavy atom. The molecule has 0 aromatic heterocycles. The molecule has 2 aliphatic rings. The molecular formula is C17H26ClN3O3S. The molecule has 6 nitrogen and oxygen atoms in total. The van der Waals surface area contributed by atoms with Crippen molar-refractivity contribution in [2.45, 2.75) is 55.5 Å². The lowest BCUT2D eigenvalue weighted by Gasteiger charge is -2.23. The summed E-state index contributed by atoms with van der Waals surface area (Å²) in [5, 5.41) is 6.34. The van der Waals surface area contributed by atoms with Crippen molar-refractivity contribution < 1.29 is 13.2 Å². The molecule has 8 heteroatoms. The van der Waals surface area contributed by atoms with Crippen LogP contribution in [0.3, 0.4) is 0 Å². The van der Waals surface area contributed by atoms with Gasteiger partial charge >= 0.3 is 0 Å². The van der Waals surface area contributed by atoms with E-state index in [1.54, 1.807) is 24.3 Å². The van der Waals surface area contributed by atoms with E-state index < -0.39 is 10.0 Å². The molecule has 3 rings (SSSR count). The average molecular weight is 388 g/mol. The number of amides is 1. The van der Waals surface area contributed by atoms with Gasteiger partial charge in [-0.2, -0.15) is 0 Å². The van der Waals surface area contributed by atoms with E-state index in [-0.39, 0.29) is 35.3 Å². The Hall–Kier alpha value is -1.15. The van der Waals surface area contributed by atoms with Crippen LogP contribution in [0.1, 0.15) is 37.7 Å². The van der Waals surface area contributed by atoms with Crippen molar-refractivity contribution in [3.05, 3.63) is 29.8 Å². The zero-order valence-corrected chi connectivity index (χ0v) is 15.8. The molecule has 1 aliphatic carbocycles. The number of hydrogen-bond donors (Lipinski definition) is 3. The Bertz CT molecular complexity index is 669. The Kier molecular flexibility index (Phi) is 7.25. The van der Waals surface area contributed by atoms with Crippen molar-refractivity contribution in [3.63, 3.8) is 0 Å². The molecule has 25 heavy (non-hydrogen) atoms. The van der Waals surface area contributed by atoms with Crippen LogP contribution in [-0.4, -0.2) is 39.5 Å². The highest BCUT2D eigenvalue weighted by molar-refractivity contribution is 7.89. The van der Waals surface area contributed by atoms with Crippen LogP contribution in [0, 0.1) is 0 Å². The third kappa shape index (κ3) is 6.26. The van der Waals surface area contributed by atoms with E-state index in [0.29, 0.717) is 12.8 Å². The number of sulfonamides is 1.